The lowest BCUT2D eigenvalue weighted by Crippen LogP contribution is -2.48. The van der Waals surface area contributed by atoms with Crippen molar-refractivity contribution in [1.29, 1.82) is 0 Å². The summed E-state index contributed by atoms with van der Waals surface area (Å²) in [5.41, 5.74) is 0. The number of morpholine rings is 1. The van der Waals surface area contributed by atoms with Crippen LogP contribution in [0.15, 0.2) is 0 Å². The number of ether oxygens (including phenoxy) is 1. The van der Waals surface area contributed by atoms with Crippen molar-refractivity contribution in [2.75, 3.05) is 19.0 Å². The van der Waals surface area contributed by atoms with E-state index in [9.17, 15) is 4.79 Å². The molecule has 0 aromatic carbocycles. The lowest BCUT2D eigenvalue weighted by atomic mass is 10.2. The highest BCUT2D eigenvalue weighted by molar-refractivity contribution is 6.27. The molecule has 12 heavy (non-hydrogen) atoms. The van der Waals surface area contributed by atoms with Crippen molar-refractivity contribution >= 4 is 17.5 Å². The molecule has 2 atom stereocenters. The van der Waals surface area contributed by atoms with Crippen LogP contribution in [-0.4, -0.2) is 42.0 Å². The molecule has 0 aliphatic carbocycles. The van der Waals surface area contributed by atoms with Gasteiger partial charge in [0.2, 0.25) is 5.91 Å². The van der Waals surface area contributed by atoms with Crippen LogP contribution in [0.2, 0.25) is 0 Å². The second-order valence-corrected chi connectivity index (χ2v) is 3.46. The Bertz CT molecular complexity index is 164. The summed E-state index contributed by atoms with van der Waals surface area (Å²) in [5.74, 6) is 0.0677. The third-order valence-corrected chi connectivity index (χ3v) is 2.12. The molecule has 1 aliphatic rings. The summed E-state index contributed by atoms with van der Waals surface area (Å²) in [6.07, 6.45) is 0.252. The molecule has 0 aromatic rings. The van der Waals surface area contributed by atoms with Gasteiger partial charge in [-0.2, -0.15) is 0 Å². The van der Waals surface area contributed by atoms with Crippen LogP contribution in [0.3, 0.4) is 0 Å². The first kappa shape index (κ1) is 9.81. The van der Waals surface area contributed by atoms with Crippen LogP contribution in [0.1, 0.15) is 13.8 Å². The lowest BCUT2D eigenvalue weighted by Gasteiger charge is -2.34. The fourth-order valence-corrected chi connectivity index (χ4v) is 1.64. The van der Waals surface area contributed by atoms with Gasteiger partial charge in [0.1, 0.15) is 5.88 Å². The molecule has 3 nitrogen and oxygen atoms in total. The van der Waals surface area contributed by atoms with Crippen molar-refractivity contribution < 1.29 is 9.53 Å². The maximum atomic E-state index is 11.2. The number of hydrogen-bond acceptors (Lipinski definition) is 2. The highest BCUT2D eigenvalue weighted by Gasteiger charge is 2.24. The van der Waals surface area contributed by atoms with Gasteiger partial charge in [-0.25, -0.2) is 0 Å². The van der Waals surface area contributed by atoms with Gasteiger partial charge in [-0.15, -0.1) is 11.6 Å². The Morgan fingerprint density at radius 3 is 2.42 bits per heavy atom. The predicted molar refractivity (Wildman–Crippen MR) is 47.3 cm³/mol. The zero-order valence-electron chi connectivity index (χ0n) is 7.42. The average Bonchev–Trinajstić information content (AvgIpc) is 2.01. The SMILES string of the molecule is C[C@@H]1CN(C(=O)CCl)C[C@@H](C)O1. The highest BCUT2D eigenvalue weighted by Crippen LogP contribution is 2.10. The second-order valence-electron chi connectivity index (χ2n) is 3.19. The number of rotatable bonds is 1. The first-order chi connectivity index (χ1) is 5.63. The maximum Gasteiger partial charge on any atom is 0.237 e. The topological polar surface area (TPSA) is 29.5 Å². The van der Waals surface area contributed by atoms with Crippen LogP contribution in [0.4, 0.5) is 0 Å². The molecule has 1 saturated heterocycles. The molecule has 4 heteroatoms. The van der Waals surface area contributed by atoms with Gasteiger partial charge < -0.3 is 9.64 Å². The van der Waals surface area contributed by atoms with Gasteiger partial charge in [-0.3, -0.25) is 4.79 Å². The minimum Gasteiger partial charge on any atom is -0.372 e. The van der Waals surface area contributed by atoms with Crippen LogP contribution in [0.25, 0.3) is 0 Å². The van der Waals surface area contributed by atoms with Crippen molar-refractivity contribution in [3.05, 3.63) is 0 Å². The van der Waals surface area contributed by atoms with Gasteiger partial charge in [0.05, 0.1) is 12.2 Å². The molecule has 0 saturated carbocycles. The highest BCUT2D eigenvalue weighted by atomic mass is 35.5. The number of nitrogens with zero attached hydrogens (tertiary/aromatic N) is 1. The quantitative estimate of drug-likeness (QED) is 0.576. The van der Waals surface area contributed by atoms with Crippen molar-refractivity contribution in [3.63, 3.8) is 0 Å². The van der Waals surface area contributed by atoms with E-state index in [-0.39, 0.29) is 24.0 Å². The van der Waals surface area contributed by atoms with E-state index >= 15 is 0 Å². The average molecular weight is 192 g/mol. The molecule has 1 fully saturated rings. The monoisotopic (exact) mass is 191 g/mol. The molecule has 0 unspecified atom stereocenters. The Labute approximate surface area is 77.6 Å². The van der Waals surface area contributed by atoms with Crippen molar-refractivity contribution in [2.24, 2.45) is 0 Å². The summed E-state index contributed by atoms with van der Waals surface area (Å²) in [5, 5.41) is 0. The third-order valence-electron chi connectivity index (χ3n) is 1.89. The van der Waals surface area contributed by atoms with E-state index in [0.717, 1.165) is 0 Å². The Morgan fingerprint density at radius 1 is 1.50 bits per heavy atom. The van der Waals surface area contributed by atoms with Gasteiger partial charge in [-0.1, -0.05) is 0 Å². The van der Waals surface area contributed by atoms with Crippen molar-refractivity contribution in [2.45, 2.75) is 26.1 Å². The normalized spacial score (nSPS) is 30.4. The van der Waals surface area contributed by atoms with Crippen LogP contribution in [0.5, 0.6) is 0 Å². The molecule has 1 aliphatic heterocycles. The Morgan fingerprint density at radius 2 is 2.00 bits per heavy atom. The zero-order chi connectivity index (χ0) is 9.14. The van der Waals surface area contributed by atoms with E-state index in [4.69, 9.17) is 16.3 Å². The largest absolute Gasteiger partial charge is 0.372 e. The molecule has 0 N–H and O–H groups in total. The van der Waals surface area contributed by atoms with Crippen LogP contribution < -0.4 is 0 Å². The number of halogens is 1. The summed E-state index contributed by atoms with van der Waals surface area (Å²) in [6, 6.07) is 0. The minimum atomic E-state index is -0.00123. The molecule has 0 radical (unpaired) electrons. The van der Waals surface area contributed by atoms with E-state index in [1.807, 2.05) is 13.8 Å². The first-order valence-corrected chi connectivity index (χ1v) is 4.66. The standard InChI is InChI=1S/C8H14ClNO2/c1-6-4-10(8(11)3-9)5-7(2)12-6/h6-7H,3-5H2,1-2H3/t6-,7-/m1/s1. The molecule has 0 bridgehead atoms. The first-order valence-electron chi connectivity index (χ1n) is 4.12. The smallest absolute Gasteiger partial charge is 0.237 e. The van der Waals surface area contributed by atoms with E-state index in [1.54, 1.807) is 4.90 Å². The van der Waals surface area contributed by atoms with Gasteiger partial charge in [-0.05, 0) is 13.8 Å². The molecule has 1 amide bonds. The molecule has 0 aromatic heterocycles. The number of amides is 1. The third kappa shape index (κ3) is 2.35. The van der Waals surface area contributed by atoms with E-state index in [2.05, 4.69) is 0 Å². The fraction of sp³-hybridized carbons (Fsp3) is 0.875. The Hall–Kier alpha value is -0.280. The van der Waals surface area contributed by atoms with Gasteiger partial charge in [0, 0.05) is 13.1 Å². The van der Waals surface area contributed by atoms with Crippen LogP contribution in [0, 0.1) is 0 Å². The summed E-state index contributed by atoms with van der Waals surface area (Å²) < 4.78 is 5.47. The molecule has 1 heterocycles. The molecule has 1 rings (SSSR count). The van der Waals surface area contributed by atoms with Crippen molar-refractivity contribution in [1.82, 2.24) is 4.90 Å². The Balaban J connectivity index is 2.49. The number of hydrogen-bond donors (Lipinski definition) is 0. The van der Waals surface area contributed by atoms with Gasteiger partial charge >= 0.3 is 0 Å². The minimum absolute atomic E-state index is 0.00123. The molecule has 70 valence electrons. The lowest BCUT2D eigenvalue weighted by molar-refractivity contribution is -0.140. The molecular formula is C8H14ClNO2. The summed E-state index contributed by atoms with van der Waals surface area (Å²) >= 11 is 5.45. The second kappa shape index (κ2) is 4.10. The van der Waals surface area contributed by atoms with E-state index < -0.39 is 0 Å². The molecular weight excluding hydrogens is 178 g/mol. The number of alkyl halides is 1. The summed E-state index contributed by atoms with van der Waals surface area (Å²) in [6.45, 7) is 5.25. The summed E-state index contributed by atoms with van der Waals surface area (Å²) in [4.78, 5) is 13.0. The maximum absolute atomic E-state index is 11.2. The number of carbonyl (C=O) groups is 1. The number of carbonyl (C=O) groups excluding carboxylic acids is 1. The van der Waals surface area contributed by atoms with E-state index in [1.165, 1.54) is 0 Å². The van der Waals surface area contributed by atoms with Gasteiger partial charge in [0.25, 0.3) is 0 Å². The van der Waals surface area contributed by atoms with Crippen LogP contribution in [-0.2, 0) is 9.53 Å². The Kier molecular flexibility index (Phi) is 3.35. The van der Waals surface area contributed by atoms with Crippen LogP contribution >= 0.6 is 11.6 Å². The predicted octanol–water partition coefficient (Wildman–Crippen LogP) is 0.861. The van der Waals surface area contributed by atoms with Gasteiger partial charge in [0.15, 0.2) is 0 Å². The van der Waals surface area contributed by atoms with E-state index in [0.29, 0.717) is 13.1 Å². The zero-order valence-corrected chi connectivity index (χ0v) is 8.17. The fourth-order valence-electron chi connectivity index (χ4n) is 1.47. The summed E-state index contributed by atoms with van der Waals surface area (Å²) in [7, 11) is 0. The van der Waals surface area contributed by atoms with Crippen molar-refractivity contribution in [3.8, 4) is 0 Å². The molecule has 0 spiro atoms.